The van der Waals surface area contributed by atoms with Crippen LogP contribution in [0.3, 0.4) is 0 Å². The van der Waals surface area contributed by atoms with Gasteiger partial charge in [-0.1, -0.05) is 30.3 Å². The molecule has 5 heteroatoms. The number of benzene rings is 3. The first-order valence-electron chi connectivity index (χ1n) is 8.65. The van der Waals surface area contributed by atoms with E-state index in [0.29, 0.717) is 19.0 Å². The standard InChI is InChI=1S/C21H20N2O3/c1-14(22-18-8-9-19-20(13-18)26-11-10-25-19)21(24)23-17-7-6-15-4-2-3-5-16(15)12-17/h2-9,12-14,22H,10-11H2,1H3,(H,23,24)/t14-/m0/s1. The van der Waals surface area contributed by atoms with Gasteiger partial charge in [0.05, 0.1) is 0 Å². The lowest BCUT2D eigenvalue weighted by Gasteiger charge is -2.20. The van der Waals surface area contributed by atoms with Gasteiger partial charge in [-0.2, -0.15) is 0 Å². The summed E-state index contributed by atoms with van der Waals surface area (Å²) >= 11 is 0. The lowest BCUT2D eigenvalue weighted by atomic mass is 10.1. The summed E-state index contributed by atoms with van der Waals surface area (Å²) in [5, 5.41) is 8.40. The molecular formula is C21H20N2O3. The van der Waals surface area contributed by atoms with Gasteiger partial charge in [0.1, 0.15) is 19.3 Å². The zero-order valence-corrected chi connectivity index (χ0v) is 14.5. The monoisotopic (exact) mass is 348 g/mol. The average molecular weight is 348 g/mol. The van der Waals surface area contributed by atoms with Crippen molar-refractivity contribution in [2.75, 3.05) is 23.8 Å². The fourth-order valence-electron chi connectivity index (χ4n) is 2.97. The second kappa shape index (κ2) is 6.96. The molecule has 0 spiro atoms. The smallest absolute Gasteiger partial charge is 0.246 e. The summed E-state index contributed by atoms with van der Waals surface area (Å²) in [6, 6.07) is 19.1. The minimum atomic E-state index is -0.399. The van der Waals surface area contributed by atoms with Crippen LogP contribution in [0.25, 0.3) is 10.8 Å². The molecule has 0 aromatic heterocycles. The van der Waals surface area contributed by atoms with Gasteiger partial charge >= 0.3 is 0 Å². The molecule has 0 unspecified atom stereocenters. The molecule has 132 valence electrons. The normalized spacial score (nSPS) is 13.9. The van der Waals surface area contributed by atoms with Crippen LogP contribution in [0.2, 0.25) is 0 Å². The number of hydrogen-bond donors (Lipinski definition) is 2. The molecule has 0 radical (unpaired) electrons. The molecule has 5 nitrogen and oxygen atoms in total. The molecular weight excluding hydrogens is 328 g/mol. The van der Waals surface area contributed by atoms with E-state index < -0.39 is 6.04 Å². The van der Waals surface area contributed by atoms with E-state index in [9.17, 15) is 4.79 Å². The summed E-state index contributed by atoms with van der Waals surface area (Å²) in [5.74, 6) is 1.33. The molecule has 1 atom stereocenters. The number of carbonyl (C=O) groups excluding carboxylic acids is 1. The number of nitrogens with one attached hydrogen (secondary N) is 2. The molecule has 3 aromatic carbocycles. The zero-order chi connectivity index (χ0) is 17.9. The largest absolute Gasteiger partial charge is 0.486 e. The van der Waals surface area contributed by atoms with E-state index >= 15 is 0 Å². The summed E-state index contributed by atoms with van der Waals surface area (Å²) < 4.78 is 11.1. The summed E-state index contributed by atoms with van der Waals surface area (Å²) in [6.07, 6.45) is 0. The van der Waals surface area contributed by atoms with Gasteiger partial charge in [-0.3, -0.25) is 4.79 Å². The minimum Gasteiger partial charge on any atom is -0.486 e. The molecule has 0 fully saturated rings. The Hall–Kier alpha value is -3.21. The van der Waals surface area contributed by atoms with Crippen molar-refractivity contribution < 1.29 is 14.3 Å². The average Bonchev–Trinajstić information content (AvgIpc) is 2.67. The van der Waals surface area contributed by atoms with Gasteiger partial charge in [0.15, 0.2) is 11.5 Å². The second-order valence-corrected chi connectivity index (χ2v) is 6.28. The second-order valence-electron chi connectivity index (χ2n) is 6.28. The molecule has 0 aliphatic carbocycles. The molecule has 0 saturated carbocycles. The van der Waals surface area contributed by atoms with Crippen molar-refractivity contribution in [3.05, 3.63) is 60.7 Å². The number of amides is 1. The van der Waals surface area contributed by atoms with Gasteiger partial charge in [-0.05, 0) is 42.0 Å². The SMILES string of the molecule is C[C@H](Nc1ccc2c(c1)OCCO2)C(=O)Nc1ccc2ccccc2c1. The van der Waals surface area contributed by atoms with Crippen LogP contribution >= 0.6 is 0 Å². The van der Waals surface area contributed by atoms with E-state index in [0.717, 1.165) is 27.9 Å². The fourth-order valence-corrected chi connectivity index (χ4v) is 2.97. The summed E-state index contributed by atoms with van der Waals surface area (Å²) in [7, 11) is 0. The highest BCUT2D eigenvalue weighted by Gasteiger charge is 2.16. The number of ether oxygens (including phenoxy) is 2. The fraction of sp³-hybridized carbons (Fsp3) is 0.190. The van der Waals surface area contributed by atoms with E-state index in [1.807, 2.05) is 67.6 Å². The first-order valence-corrected chi connectivity index (χ1v) is 8.65. The van der Waals surface area contributed by atoms with Gasteiger partial charge in [0, 0.05) is 17.4 Å². The van der Waals surface area contributed by atoms with E-state index in [2.05, 4.69) is 10.6 Å². The van der Waals surface area contributed by atoms with Crippen molar-refractivity contribution in [1.82, 2.24) is 0 Å². The highest BCUT2D eigenvalue weighted by atomic mass is 16.6. The van der Waals surface area contributed by atoms with E-state index in [4.69, 9.17) is 9.47 Å². The molecule has 3 aromatic rings. The lowest BCUT2D eigenvalue weighted by Crippen LogP contribution is -2.31. The van der Waals surface area contributed by atoms with Crippen LogP contribution in [0.4, 0.5) is 11.4 Å². The van der Waals surface area contributed by atoms with Crippen molar-refractivity contribution in [2.45, 2.75) is 13.0 Å². The van der Waals surface area contributed by atoms with Gasteiger partial charge in [-0.25, -0.2) is 0 Å². The zero-order valence-electron chi connectivity index (χ0n) is 14.5. The van der Waals surface area contributed by atoms with Crippen molar-refractivity contribution in [2.24, 2.45) is 0 Å². The van der Waals surface area contributed by atoms with Crippen molar-refractivity contribution in [3.63, 3.8) is 0 Å². The quantitative estimate of drug-likeness (QED) is 0.747. The third-order valence-corrected chi connectivity index (χ3v) is 4.34. The highest BCUT2D eigenvalue weighted by molar-refractivity contribution is 5.98. The van der Waals surface area contributed by atoms with Crippen LogP contribution in [-0.2, 0) is 4.79 Å². The molecule has 26 heavy (non-hydrogen) atoms. The highest BCUT2D eigenvalue weighted by Crippen LogP contribution is 2.32. The number of rotatable bonds is 4. The Balaban J connectivity index is 1.44. The number of carbonyl (C=O) groups is 1. The molecule has 4 rings (SSSR count). The first kappa shape index (κ1) is 16.3. The van der Waals surface area contributed by atoms with Crippen LogP contribution in [0.5, 0.6) is 11.5 Å². The number of fused-ring (bicyclic) bond motifs is 2. The Bertz CT molecular complexity index is 955. The summed E-state index contributed by atoms with van der Waals surface area (Å²) in [4.78, 5) is 12.5. The van der Waals surface area contributed by atoms with Crippen LogP contribution < -0.4 is 20.1 Å². The van der Waals surface area contributed by atoms with Gasteiger partial charge in [-0.15, -0.1) is 0 Å². The summed E-state index contributed by atoms with van der Waals surface area (Å²) in [5.41, 5.74) is 1.60. The molecule has 0 saturated heterocycles. The Morgan fingerprint density at radius 2 is 1.62 bits per heavy atom. The van der Waals surface area contributed by atoms with E-state index in [-0.39, 0.29) is 5.91 Å². The van der Waals surface area contributed by atoms with Crippen LogP contribution in [0.1, 0.15) is 6.92 Å². The minimum absolute atomic E-state index is 0.102. The Labute approximate surface area is 151 Å². The predicted molar refractivity (Wildman–Crippen MR) is 103 cm³/mol. The molecule has 0 bridgehead atoms. The molecule has 1 aliphatic heterocycles. The van der Waals surface area contributed by atoms with E-state index in [1.165, 1.54) is 0 Å². The molecule has 1 heterocycles. The third kappa shape index (κ3) is 3.42. The Morgan fingerprint density at radius 1 is 0.885 bits per heavy atom. The van der Waals surface area contributed by atoms with Crippen LogP contribution in [0, 0.1) is 0 Å². The third-order valence-electron chi connectivity index (χ3n) is 4.34. The van der Waals surface area contributed by atoms with Crippen LogP contribution in [0.15, 0.2) is 60.7 Å². The van der Waals surface area contributed by atoms with E-state index in [1.54, 1.807) is 0 Å². The maximum absolute atomic E-state index is 12.5. The Kier molecular flexibility index (Phi) is 4.35. The van der Waals surface area contributed by atoms with Crippen molar-refractivity contribution >= 4 is 28.1 Å². The van der Waals surface area contributed by atoms with Gasteiger partial charge in [0.2, 0.25) is 5.91 Å². The Morgan fingerprint density at radius 3 is 2.46 bits per heavy atom. The predicted octanol–water partition coefficient (Wildman–Crippen LogP) is 4.05. The lowest BCUT2D eigenvalue weighted by molar-refractivity contribution is -0.116. The van der Waals surface area contributed by atoms with Crippen molar-refractivity contribution in [1.29, 1.82) is 0 Å². The maximum Gasteiger partial charge on any atom is 0.246 e. The van der Waals surface area contributed by atoms with Crippen molar-refractivity contribution in [3.8, 4) is 11.5 Å². The first-order chi connectivity index (χ1) is 12.7. The van der Waals surface area contributed by atoms with Crippen LogP contribution in [-0.4, -0.2) is 25.2 Å². The van der Waals surface area contributed by atoms with Gasteiger partial charge < -0.3 is 20.1 Å². The topological polar surface area (TPSA) is 59.6 Å². The number of hydrogen-bond acceptors (Lipinski definition) is 4. The molecule has 1 amide bonds. The van der Waals surface area contributed by atoms with Gasteiger partial charge in [0.25, 0.3) is 0 Å². The maximum atomic E-state index is 12.5. The molecule has 2 N–H and O–H groups in total. The molecule has 1 aliphatic rings. The number of anilines is 2. The summed E-state index contributed by atoms with van der Waals surface area (Å²) in [6.45, 7) is 2.92.